The van der Waals surface area contributed by atoms with Gasteiger partial charge in [-0.2, -0.15) is 0 Å². The number of furan rings is 1. The summed E-state index contributed by atoms with van der Waals surface area (Å²) in [5, 5.41) is 3.81. The highest BCUT2D eigenvalue weighted by Gasteiger charge is 2.13. The Balaban J connectivity index is 1.75. The van der Waals surface area contributed by atoms with Gasteiger partial charge in [0, 0.05) is 12.2 Å². The molecule has 0 aliphatic carbocycles. The average Bonchev–Trinajstić information content (AvgIpc) is 3.10. The predicted molar refractivity (Wildman–Crippen MR) is 97.0 cm³/mol. The van der Waals surface area contributed by atoms with Gasteiger partial charge in [0.15, 0.2) is 5.11 Å². The molecule has 5 heteroatoms. The number of hydrogen-bond acceptors (Lipinski definition) is 2. The van der Waals surface area contributed by atoms with Crippen LogP contribution in [0, 0.1) is 5.82 Å². The van der Waals surface area contributed by atoms with E-state index in [2.05, 4.69) is 5.32 Å². The number of thiocarbonyl (C=S) groups is 1. The van der Waals surface area contributed by atoms with E-state index in [9.17, 15) is 4.39 Å². The van der Waals surface area contributed by atoms with Crippen molar-refractivity contribution in [1.82, 2.24) is 4.90 Å². The maximum absolute atomic E-state index is 13.1. The molecule has 0 atom stereocenters. The van der Waals surface area contributed by atoms with Gasteiger partial charge in [0.1, 0.15) is 11.6 Å². The third kappa shape index (κ3) is 4.43. The molecule has 24 heavy (non-hydrogen) atoms. The number of rotatable bonds is 5. The van der Waals surface area contributed by atoms with Gasteiger partial charge in [0.25, 0.3) is 0 Å². The number of nitrogens with one attached hydrogen (secondary N) is 1. The van der Waals surface area contributed by atoms with Crippen LogP contribution in [0.1, 0.15) is 11.3 Å². The zero-order valence-electron chi connectivity index (χ0n) is 13.0. The number of anilines is 1. The van der Waals surface area contributed by atoms with Crippen molar-refractivity contribution < 1.29 is 8.81 Å². The molecule has 0 fully saturated rings. The Kier molecular flexibility index (Phi) is 5.23. The number of halogens is 1. The maximum Gasteiger partial charge on any atom is 0.174 e. The van der Waals surface area contributed by atoms with Gasteiger partial charge >= 0.3 is 0 Å². The minimum absolute atomic E-state index is 0.249. The molecule has 0 unspecified atom stereocenters. The van der Waals surface area contributed by atoms with Crippen LogP contribution in [0.5, 0.6) is 0 Å². The third-order valence-electron chi connectivity index (χ3n) is 3.53. The van der Waals surface area contributed by atoms with E-state index in [-0.39, 0.29) is 5.82 Å². The van der Waals surface area contributed by atoms with E-state index in [1.807, 2.05) is 47.4 Å². The first kappa shape index (κ1) is 16.2. The Morgan fingerprint density at radius 1 is 0.958 bits per heavy atom. The summed E-state index contributed by atoms with van der Waals surface area (Å²) in [6.07, 6.45) is 1.64. The summed E-state index contributed by atoms with van der Waals surface area (Å²) in [7, 11) is 0. The summed E-state index contributed by atoms with van der Waals surface area (Å²) in [5.74, 6) is 0.565. The van der Waals surface area contributed by atoms with E-state index in [1.165, 1.54) is 12.1 Å². The van der Waals surface area contributed by atoms with Crippen molar-refractivity contribution in [2.45, 2.75) is 13.1 Å². The summed E-state index contributed by atoms with van der Waals surface area (Å²) in [6, 6.07) is 19.9. The lowest BCUT2D eigenvalue weighted by Crippen LogP contribution is -2.33. The topological polar surface area (TPSA) is 28.4 Å². The molecule has 3 rings (SSSR count). The molecule has 0 bridgehead atoms. The van der Waals surface area contributed by atoms with Gasteiger partial charge in [-0.15, -0.1) is 0 Å². The van der Waals surface area contributed by atoms with Crippen molar-refractivity contribution in [2.24, 2.45) is 0 Å². The fourth-order valence-corrected chi connectivity index (χ4v) is 2.57. The van der Waals surface area contributed by atoms with Crippen LogP contribution in [-0.4, -0.2) is 10.0 Å². The van der Waals surface area contributed by atoms with E-state index in [4.69, 9.17) is 16.6 Å². The van der Waals surface area contributed by atoms with Gasteiger partial charge in [-0.3, -0.25) is 0 Å². The van der Waals surface area contributed by atoms with Crippen LogP contribution in [0.2, 0.25) is 0 Å². The fourth-order valence-electron chi connectivity index (χ4n) is 2.32. The Bertz CT molecular complexity index is 773. The van der Waals surface area contributed by atoms with Gasteiger partial charge in [-0.25, -0.2) is 4.39 Å². The van der Waals surface area contributed by atoms with Crippen molar-refractivity contribution in [3.8, 4) is 0 Å². The quantitative estimate of drug-likeness (QED) is 0.674. The van der Waals surface area contributed by atoms with Crippen molar-refractivity contribution in [1.29, 1.82) is 0 Å². The smallest absolute Gasteiger partial charge is 0.174 e. The first-order chi connectivity index (χ1) is 11.7. The van der Waals surface area contributed by atoms with Crippen molar-refractivity contribution in [2.75, 3.05) is 5.32 Å². The first-order valence-corrected chi connectivity index (χ1v) is 7.99. The molecule has 1 heterocycles. The second-order valence-electron chi connectivity index (χ2n) is 5.36. The lowest BCUT2D eigenvalue weighted by Gasteiger charge is -2.25. The highest BCUT2D eigenvalue weighted by atomic mass is 32.1. The molecule has 0 spiro atoms. The molecule has 122 valence electrons. The van der Waals surface area contributed by atoms with Crippen LogP contribution < -0.4 is 5.32 Å². The average molecular weight is 340 g/mol. The SMILES string of the molecule is Fc1ccc(CN(Cc2ccco2)C(=S)Nc2ccccc2)cc1. The normalized spacial score (nSPS) is 10.4. The first-order valence-electron chi connectivity index (χ1n) is 7.58. The maximum atomic E-state index is 13.1. The highest BCUT2D eigenvalue weighted by molar-refractivity contribution is 7.80. The van der Waals surface area contributed by atoms with Gasteiger partial charge in [-0.1, -0.05) is 30.3 Å². The zero-order chi connectivity index (χ0) is 16.8. The van der Waals surface area contributed by atoms with Crippen molar-refractivity contribution in [3.63, 3.8) is 0 Å². The Morgan fingerprint density at radius 2 is 1.71 bits per heavy atom. The number of hydrogen-bond donors (Lipinski definition) is 1. The summed E-state index contributed by atoms with van der Waals surface area (Å²) in [5.41, 5.74) is 1.89. The Morgan fingerprint density at radius 3 is 2.38 bits per heavy atom. The Hall–Kier alpha value is -2.66. The number of nitrogens with zero attached hydrogens (tertiary/aromatic N) is 1. The summed E-state index contributed by atoms with van der Waals surface area (Å²) < 4.78 is 18.5. The molecule has 1 N–H and O–H groups in total. The summed E-state index contributed by atoms with van der Waals surface area (Å²) in [4.78, 5) is 1.98. The number of para-hydroxylation sites is 1. The van der Waals surface area contributed by atoms with E-state index in [1.54, 1.807) is 18.4 Å². The zero-order valence-corrected chi connectivity index (χ0v) is 13.8. The molecule has 1 aromatic heterocycles. The van der Waals surface area contributed by atoms with Crippen LogP contribution in [-0.2, 0) is 13.1 Å². The van der Waals surface area contributed by atoms with Crippen LogP contribution in [0.4, 0.5) is 10.1 Å². The highest BCUT2D eigenvalue weighted by Crippen LogP contribution is 2.14. The van der Waals surface area contributed by atoms with E-state index in [0.717, 1.165) is 17.0 Å². The largest absolute Gasteiger partial charge is 0.467 e. The lowest BCUT2D eigenvalue weighted by molar-refractivity contribution is 0.360. The molecule has 3 nitrogen and oxygen atoms in total. The molecule has 0 amide bonds. The second kappa shape index (κ2) is 7.75. The third-order valence-corrected chi connectivity index (χ3v) is 3.89. The fraction of sp³-hybridized carbons (Fsp3) is 0.105. The second-order valence-corrected chi connectivity index (χ2v) is 5.74. The monoisotopic (exact) mass is 340 g/mol. The van der Waals surface area contributed by atoms with E-state index in [0.29, 0.717) is 18.2 Å². The van der Waals surface area contributed by atoms with Crippen LogP contribution in [0.3, 0.4) is 0 Å². The van der Waals surface area contributed by atoms with Gasteiger partial charge in [0.2, 0.25) is 0 Å². The minimum Gasteiger partial charge on any atom is -0.467 e. The van der Waals surface area contributed by atoms with Crippen molar-refractivity contribution >= 4 is 23.0 Å². The standard InChI is InChI=1S/C19H17FN2OS/c20-16-10-8-15(9-11-16)13-22(14-18-7-4-12-23-18)19(24)21-17-5-2-1-3-6-17/h1-12H,13-14H2,(H,21,24). The molecule has 0 radical (unpaired) electrons. The van der Waals surface area contributed by atoms with E-state index < -0.39 is 0 Å². The summed E-state index contributed by atoms with van der Waals surface area (Å²) in [6.45, 7) is 1.09. The van der Waals surface area contributed by atoms with Crippen LogP contribution in [0.25, 0.3) is 0 Å². The Labute approximate surface area is 145 Å². The lowest BCUT2D eigenvalue weighted by atomic mass is 10.2. The summed E-state index contributed by atoms with van der Waals surface area (Å²) >= 11 is 5.55. The molecule has 0 saturated heterocycles. The molecule has 3 aromatic rings. The minimum atomic E-state index is -0.249. The van der Waals surface area contributed by atoms with Gasteiger partial charge in [-0.05, 0) is 54.2 Å². The van der Waals surface area contributed by atoms with Crippen LogP contribution in [0.15, 0.2) is 77.4 Å². The molecular formula is C19H17FN2OS. The molecule has 0 aliphatic heterocycles. The molecular weight excluding hydrogens is 323 g/mol. The predicted octanol–water partition coefficient (Wildman–Crippen LogP) is 4.82. The molecule has 2 aromatic carbocycles. The molecule has 0 aliphatic rings. The van der Waals surface area contributed by atoms with Gasteiger partial charge < -0.3 is 14.6 Å². The number of benzene rings is 2. The van der Waals surface area contributed by atoms with Crippen LogP contribution >= 0.6 is 12.2 Å². The molecule has 0 saturated carbocycles. The van der Waals surface area contributed by atoms with E-state index >= 15 is 0 Å². The van der Waals surface area contributed by atoms with Crippen molar-refractivity contribution in [3.05, 3.63) is 90.1 Å². The van der Waals surface area contributed by atoms with Gasteiger partial charge in [0.05, 0.1) is 12.8 Å².